The first-order valence-electron chi connectivity index (χ1n) is 8.88. The van der Waals surface area contributed by atoms with Crippen molar-refractivity contribution in [3.05, 3.63) is 83.1 Å². The van der Waals surface area contributed by atoms with Gasteiger partial charge >= 0.3 is 0 Å². The molecule has 1 atom stereocenters. The Balaban J connectivity index is 1.67. The molecule has 2 aromatic carbocycles. The number of hydrogen-bond acceptors (Lipinski definition) is 3. The third-order valence-corrected chi connectivity index (χ3v) is 4.41. The molecule has 0 fully saturated rings. The Morgan fingerprint density at radius 1 is 1.14 bits per heavy atom. The Morgan fingerprint density at radius 3 is 2.61 bits per heavy atom. The zero-order valence-electron chi connectivity index (χ0n) is 15.4. The molecule has 7 heteroatoms. The predicted octanol–water partition coefficient (Wildman–Crippen LogP) is 3.79. The molecule has 144 valence electrons. The van der Waals surface area contributed by atoms with E-state index in [4.69, 9.17) is 11.6 Å². The molecule has 1 unspecified atom stereocenters. The van der Waals surface area contributed by atoms with Crippen molar-refractivity contribution in [3.63, 3.8) is 0 Å². The summed E-state index contributed by atoms with van der Waals surface area (Å²) in [5.41, 5.74) is 2.55. The van der Waals surface area contributed by atoms with Crippen LogP contribution in [0, 0.1) is 0 Å². The van der Waals surface area contributed by atoms with Gasteiger partial charge in [0.15, 0.2) is 0 Å². The van der Waals surface area contributed by atoms with Gasteiger partial charge in [0.05, 0.1) is 19.0 Å². The summed E-state index contributed by atoms with van der Waals surface area (Å²) < 4.78 is 1.81. The SMILES string of the molecule is CC(=O)NC(CC(=O)Nc1cccc(Cn2cccn2)c1)c1ccc(Cl)cc1. The number of nitrogens with one attached hydrogen (secondary N) is 2. The molecule has 0 bridgehead atoms. The summed E-state index contributed by atoms with van der Waals surface area (Å²) in [6.45, 7) is 2.05. The molecule has 0 spiro atoms. The average Bonchev–Trinajstić information content (AvgIpc) is 3.14. The van der Waals surface area contributed by atoms with Crippen LogP contribution in [0.5, 0.6) is 0 Å². The van der Waals surface area contributed by atoms with Crippen LogP contribution in [0.3, 0.4) is 0 Å². The molecule has 2 amide bonds. The monoisotopic (exact) mass is 396 g/mol. The molecule has 0 saturated heterocycles. The van der Waals surface area contributed by atoms with E-state index >= 15 is 0 Å². The third kappa shape index (κ3) is 5.69. The summed E-state index contributed by atoms with van der Waals surface area (Å²) in [5, 5.41) is 10.5. The van der Waals surface area contributed by atoms with E-state index < -0.39 is 6.04 Å². The van der Waals surface area contributed by atoms with Crippen molar-refractivity contribution in [2.24, 2.45) is 0 Å². The summed E-state index contributed by atoms with van der Waals surface area (Å²) in [5.74, 6) is -0.390. The standard InChI is InChI=1S/C21H21ClN4O2/c1-15(27)24-20(17-6-8-18(22)9-7-17)13-21(28)25-19-5-2-4-16(12-19)14-26-11-3-10-23-26/h2-12,20H,13-14H2,1H3,(H,24,27)(H,25,28). The van der Waals surface area contributed by atoms with Gasteiger partial charge in [-0.3, -0.25) is 14.3 Å². The molecular weight excluding hydrogens is 376 g/mol. The maximum absolute atomic E-state index is 12.6. The first-order chi connectivity index (χ1) is 13.5. The summed E-state index contributed by atoms with van der Waals surface area (Å²) in [6.07, 6.45) is 3.73. The van der Waals surface area contributed by atoms with Crippen LogP contribution in [-0.2, 0) is 16.1 Å². The van der Waals surface area contributed by atoms with Crippen LogP contribution in [0.4, 0.5) is 5.69 Å². The van der Waals surface area contributed by atoms with E-state index in [1.807, 2.05) is 41.2 Å². The second-order valence-electron chi connectivity index (χ2n) is 6.46. The van der Waals surface area contributed by atoms with Gasteiger partial charge in [-0.2, -0.15) is 5.10 Å². The van der Waals surface area contributed by atoms with Gasteiger partial charge < -0.3 is 10.6 Å². The van der Waals surface area contributed by atoms with Gasteiger partial charge in [-0.25, -0.2) is 0 Å². The lowest BCUT2D eigenvalue weighted by molar-refractivity contribution is -0.120. The zero-order chi connectivity index (χ0) is 19.9. The minimum atomic E-state index is -0.429. The number of aromatic nitrogens is 2. The number of rotatable bonds is 7. The van der Waals surface area contributed by atoms with E-state index in [2.05, 4.69) is 15.7 Å². The average molecular weight is 397 g/mol. The second-order valence-corrected chi connectivity index (χ2v) is 6.90. The molecule has 2 N–H and O–H groups in total. The summed E-state index contributed by atoms with van der Waals surface area (Å²) in [6, 6.07) is 16.1. The quantitative estimate of drug-likeness (QED) is 0.638. The molecular formula is C21H21ClN4O2. The fraction of sp³-hybridized carbons (Fsp3) is 0.190. The Hall–Kier alpha value is -3.12. The Morgan fingerprint density at radius 2 is 1.93 bits per heavy atom. The predicted molar refractivity (Wildman–Crippen MR) is 109 cm³/mol. The maximum Gasteiger partial charge on any atom is 0.226 e. The van der Waals surface area contributed by atoms with Crippen molar-refractivity contribution in [3.8, 4) is 0 Å². The topological polar surface area (TPSA) is 76.0 Å². The minimum absolute atomic E-state index is 0.116. The fourth-order valence-corrected chi connectivity index (χ4v) is 3.04. The smallest absolute Gasteiger partial charge is 0.226 e. The maximum atomic E-state index is 12.6. The molecule has 0 aliphatic carbocycles. The van der Waals surface area contributed by atoms with Crippen LogP contribution in [0.15, 0.2) is 67.0 Å². The number of carbonyl (C=O) groups is 2. The molecule has 6 nitrogen and oxygen atoms in total. The van der Waals surface area contributed by atoms with E-state index in [0.29, 0.717) is 17.3 Å². The lowest BCUT2D eigenvalue weighted by atomic mass is 10.0. The number of nitrogens with zero attached hydrogens (tertiary/aromatic N) is 2. The molecule has 1 heterocycles. The van der Waals surface area contributed by atoms with E-state index in [1.54, 1.807) is 30.5 Å². The Bertz CT molecular complexity index is 939. The second kappa shape index (κ2) is 9.19. The number of carbonyl (C=O) groups excluding carboxylic acids is 2. The van der Waals surface area contributed by atoms with Gasteiger partial charge in [-0.15, -0.1) is 0 Å². The van der Waals surface area contributed by atoms with E-state index in [0.717, 1.165) is 11.1 Å². The van der Waals surface area contributed by atoms with Gasteiger partial charge in [0.25, 0.3) is 0 Å². The molecule has 3 aromatic rings. The van der Waals surface area contributed by atoms with Crippen LogP contribution in [0.2, 0.25) is 5.02 Å². The zero-order valence-corrected chi connectivity index (χ0v) is 16.2. The van der Waals surface area contributed by atoms with Gasteiger partial charge in [0, 0.05) is 30.0 Å². The molecule has 0 aliphatic rings. The highest BCUT2D eigenvalue weighted by molar-refractivity contribution is 6.30. The molecule has 0 aliphatic heterocycles. The lowest BCUT2D eigenvalue weighted by Crippen LogP contribution is -2.29. The lowest BCUT2D eigenvalue weighted by Gasteiger charge is -2.18. The largest absolute Gasteiger partial charge is 0.349 e. The fourth-order valence-electron chi connectivity index (χ4n) is 2.92. The molecule has 3 rings (SSSR count). The number of hydrogen-bond donors (Lipinski definition) is 2. The molecule has 28 heavy (non-hydrogen) atoms. The van der Waals surface area contributed by atoms with Gasteiger partial charge in [-0.05, 0) is 41.5 Å². The van der Waals surface area contributed by atoms with Crippen LogP contribution in [-0.4, -0.2) is 21.6 Å². The van der Waals surface area contributed by atoms with Crippen molar-refractivity contribution in [2.45, 2.75) is 25.9 Å². The highest BCUT2D eigenvalue weighted by atomic mass is 35.5. The van der Waals surface area contributed by atoms with E-state index in [-0.39, 0.29) is 18.2 Å². The molecule has 1 aromatic heterocycles. The number of amides is 2. The number of anilines is 1. The Labute approximate surface area is 168 Å². The minimum Gasteiger partial charge on any atom is -0.349 e. The number of halogens is 1. The first kappa shape index (κ1) is 19.6. The summed E-state index contributed by atoms with van der Waals surface area (Å²) >= 11 is 5.93. The van der Waals surface area contributed by atoms with Crippen molar-refractivity contribution >= 4 is 29.1 Å². The summed E-state index contributed by atoms with van der Waals surface area (Å²) in [4.78, 5) is 24.1. The van der Waals surface area contributed by atoms with Crippen LogP contribution >= 0.6 is 11.6 Å². The van der Waals surface area contributed by atoms with Gasteiger partial charge in [-0.1, -0.05) is 35.9 Å². The van der Waals surface area contributed by atoms with E-state index in [1.165, 1.54) is 6.92 Å². The van der Waals surface area contributed by atoms with Crippen molar-refractivity contribution in [1.82, 2.24) is 15.1 Å². The number of benzene rings is 2. The summed E-state index contributed by atoms with van der Waals surface area (Å²) in [7, 11) is 0. The highest BCUT2D eigenvalue weighted by Crippen LogP contribution is 2.21. The first-order valence-corrected chi connectivity index (χ1v) is 9.26. The van der Waals surface area contributed by atoms with Crippen LogP contribution < -0.4 is 10.6 Å². The third-order valence-electron chi connectivity index (χ3n) is 4.15. The molecule has 0 saturated carbocycles. The Kier molecular flexibility index (Phi) is 6.45. The van der Waals surface area contributed by atoms with Crippen LogP contribution in [0.1, 0.15) is 30.5 Å². The van der Waals surface area contributed by atoms with Gasteiger partial charge in [0.1, 0.15) is 0 Å². The van der Waals surface area contributed by atoms with E-state index in [9.17, 15) is 9.59 Å². The van der Waals surface area contributed by atoms with Gasteiger partial charge in [0.2, 0.25) is 11.8 Å². The van der Waals surface area contributed by atoms with Crippen molar-refractivity contribution in [2.75, 3.05) is 5.32 Å². The van der Waals surface area contributed by atoms with Crippen molar-refractivity contribution < 1.29 is 9.59 Å². The molecule has 0 radical (unpaired) electrons. The normalized spacial score (nSPS) is 11.6. The van der Waals surface area contributed by atoms with Crippen LogP contribution in [0.25, 0.3) is 0 Å². The van der Waals surface area contributed by atoms with Crippen molar-refractivity contribution in [1.29, 1.82) is 0 Å². The highest BCUT2D eigenvalue weighted by Gasteiger charge is 2.17.